The monoisotopic (exact) mass is 434 g/mol. The zero-order valence-corrected chi connectivity index (χ0v) is 18.5. The molecule has 164 valence electrons. The second-order valence-corrected chi connectivity index (χ2v) is 8.60. The number of carbonyl (C=O) groups is 1. The molecule has 0 radical (unpaired) electrons. The Kier molecular flexibility index (Phi) is 5.93. The van der Waals surface area contributed by atoms with Crippen molar-refractivity contribution in [2.45, 2.75) is 25.8 Å². The van der Waals surface area contributed by atoms with Gasteiger partial charge in [0, 0.05) is 17.8 Å². The lowest BCUT2D eigenvalue weighted by Gasteiger charge is -2.26. The first-order valence-electron chi connectivity index (χ1n) is 11.5. The van der Waals surface area contributed by atoms with Gasteiger partial charge in [-0.3, -0.25) is 9.69 Å². The topological polar surface area (TPSA) is 68.2 Å². The molecule has 33 heavy (non-hydrogen) atoms. The number of nitrogens with zero attached hydrogens (tertiary/aromatic N) is 2. The summed E-state index contributed by atoms with van der Waals surface area (Å²) in [5.41, 5.74) is 6.47. The smallest absolute Gasteiger partial charge is 0.258 e. The van der Waals surface area contributed by atoms with Gasteiger partial charge in [0.05, 0.1) is 28.6 Å². The van der Waals surface area contributed by atoms with Crippen molar-refractivity contribution in [1.82, 2.24) is 4.90 Å². The van der Waals surface area contributed by atoms with Gasteiger partial charge >= 0.3 is 0 Å². The van der Waals surface area contributed by atoms with Gasteiger partial charge in [-0.05, 0) is 61.3 Å². The van der Waals surface area contributed by atoms with E-state index in [1.54, 1.807) is 12.1 Å². The summed E-state index contributed by atoms with van der Waals surface area (Å²) in [5.74, 6) is -0.173. The minimum Gasteiger partial charge on any atom is -0.354 e. The number of nitrogens with one attached hydrogen (secondary N) is 2. The van der Waals surface area contributed by atoms with E-state index in [9.17, 15) is 10.1 Å². The minimum atomic E-state index is -0.173. The SMILES string of the molecule is N#Cc1ccc2c(c1)NC(=O)C2=C(Nc1ccc(CN2CCCCC2)cc1)c1ccccc1. The standard InChI is InChI=1S/C28H26N4O/c29-18-21-11-14-24-25(17-21)31-28(33)26(24)27(22-7-3-1-4-8-22)30-23-12-9-20(10-13-23)19-32-15-5-2-6-16-32/h1,3-4,7-14,17,30H,2,5-6,15-16,19H2,(H,31,33). The van der Waals surface area contributed by atoms with Crippen LogP contribution in [0.4, 0.5) is 11.4 Å². The highest BCUT2D eigenvalue weighted by Gasteiger charge is 2.28. The van der Waals surface area contributed by atoms with E-state index in [1.807, 2.05) is 36.4 Å². The molecule has 1 saturated heterocycles. The van der Waals surface area contributed by atoms with Crippen LogP contribution in [0.1, 0.15) is 41.5 Å². The maximum absolute atomic E-state index is 13.0. The lowest BCUT2D eigenvalue weighted by Crippen LogP contribution is -2.29. The van der Waals surface area contributed by atoms with Crippen molar-refractivity contribution in [2.75, 3.05) is 23.7 Å². The molecule has 2 aliphatic rings. The molecular weight excluding hydrogens is 408 g/mol. The molecule has 0 aliphatic carbocycles. The van der Waals surface area contributed by atoms with Gasteiger partial charge in [0.2, 0.25) is 0 Å². The van der Waals surface area contributed by atoms with Gasteiger partial charge in [-0.2, -0.15) is 5.26 Å². The van der Waals surface area contributed by atoms with Gasteiger partial charge in [-0.15, -0.1) is 0 Å². The molecule has 2 N–H and O–H groups in total. The minimum absolute atomic E-state index is 0.173. The van der Waals surface area contributed by atoms with Crippen LogP contribution in [0.3, 0.4) is 0 Å². The molecule has 2 heterocycles. The maximum atomic E-state index is 13.0. The zero-order chi connectivity index (χ0) is 22.6. The Hall–Kier alpha value is -3.88. The Bertz CT molecular complexity index is 1230. The summed E-state index contributed by atoms with van der Waals surface area (Å²) in [6.45, 7) is 3.32. The van der Waals surface area contributed by atoms with Crippen molar-refractivity contribution in [2.24, 2.45) is 0 Å². The number of rotatable bonds is 5. The average molecular weight is 435 g/mol. The number of hydrogen-bond donors (Lipinski definition) is 2. The normalized spacial score (nSPS) is 17.1. The fraction of sp³-hybridized carbons (Fsp3) is 0.214. The first-order chi connectivity index (χ1) is 16.2. The van der Waals surface area contributed by atoms with E-state index in [2.05, 4.69) is 45.9 Å². The summed E-state index contributed by atoms with van der Waals surface area (Å²) in [7, 11) is 0. The quantitative estimate of drug-likeness (QED) is 0.522. The summed E-state index contributed by atoms with van der Waals surface area (Å²) in [6.07, 6.45) is 3.91. The van der Waals surface area contributed by atoms with Crippen molar-refractivity contribution in [1.29, 1.82) is 5.26 Å². The van der Waals surface area contributed by atoms with Gasteiger partial charge in [-0.25, -0.2) is 0 Å². The largest absolute Gasteiger partial charge is 0.354 e. The van der Waals surface area contributed by atoms with Gasteiger partial charge in [0.15, 0.2) is 0 Å². The van der Waals surface area contributed by atoms with Crippen LogP contribution in [-0.2, 0) is 11.3 Å². The van der Waals surface area contributed by atoms with Crippen molar-refractivity contribution in [3.8, 4) is 6.07 Å². The molecule has 5 heteroatoms. The molecule has 5 rings (SSSR count). The van der Waals surface area contributed by atoms with Crippen LogP contribution in [0.2, 0.25) is 0 Å². The Morgan fingerprint density at radius 3 is 2.45 bits per heavy atom. The van der Waals surface area contributed by atoms with Crippen LogP contribution in [0.15, 0.2) is 72.8 Å². The molecule has 0 bridgehead atoms. The fourth-order valence-electron chi connectivity index (χ4n) is 4.59. The number of nitriles is 1. The predicted octanol–water partition coefficient (Wildman–Crippen LogP) is 5.48. The first kappa shape index (κ1) is 21.0. The molecule has 2 aliphatic heterocycles. The first-order valence-corrected chi connectivity index (χ1v) is 11.5. The molecule has 0 atom stereocenters. The molecule has 0 aromatic heterocycles. The molecule has 1 amide bonds. The molecule has 5 nitrogen and oxygen atoms in total. The summed E-state index contributed by atoms with van der Waals surface area (Å²) in [6, 6.07) is 25.8. The van der Waals surface area contributed by atoms with E-state index in [4.69, 9.17) is 0 Å². The van der Waals surface area contributed by atoms with Crippen molar-refractivity contribution >= 4 is 28.6 Å². The van der Waals surface area contributed by atoms with Crippen molar-refractivity contribution in [3.63, 3.8) is 0 Å². The van der Waals surface area contributed by atoms with E-state index >= 15 is 0 Å². The highest BCUT2D eigenvalue weighted by Crippen LogP contribution is 2.38. The highest BCUT2D eigenvalue weighted by atomic mass is 16.2. The van der Waals surface area contributed by atoms with Crippen LogP contribution >= 0.6 is 0 Å². The predicted molar refractivity (Wildman–Crippen MR) is 132 cm³/mol. The third-order valence-corrected chi connectivity index (χ3v) is 6.28. The third kappa shape index (κ3) is 4.52. The van der Waals surface area contributed by atoms with Gasteiger partial charge in [-0.1, -0.05) is 55.0 Å². The third-order valence-electron chi connectivity index (χ3n) is 6.28. The molecule has 3 aromatic rings. The Morgan fingerprint density at radius 2 is 1.73 bits per heavy atom. The summed E-state index contributed by atoms with van der Waals surface area (Å²) >= 11 is 0. The lowest BCUT2D eigenvalue weighted by molar-refractivity contribution is -0.110. The van der Waals surface area contributed by atoms with Crippen LogP contribution in [-0.4, -0.2) is 23.9 Å². The molecule has 0 spiro atoms. The Morgan fingerprint density at radius 1 is 0.970 bits per heavy atom. The fourth-order valence-corrected chi connectivity index (χ4v) is 4.59. The molecule has 3 aromatic carbocycles. The molecular formula is C28H26N4O. The van der Waals surface area contributed by atoms with Crippen LogP contribution in [0.5, 0.6) is 0 Å². The van der Waals surface area contributed by atoms with E-state index in [0.29, 0.717) is 16.8 Å². The number of likely N-dealkylation sites (tertiary alicyclic amines) is 1. The number of hydrogen-bond acceptors (Lipinski definition) is 4. The lowest BCUT2D eigenvalue weighted by atomic mass is 9.99. The van der Waals surface area contributed by atoms with Crippen molar-refractivity contribution < 1.29 is 4.79 Å². The maximum Gasteiger partial charge on any atom is 0.258 e. The summed E-state index contributed by atoms with van der Waals surface area (Å²) in [5, 5.41) is 15.6. The second-order valence-electron chi connectivity index (χ2n) is 8.60. The number of amides is 1. The van der Waals surface area contributed by atoms with Crippen LogP contribution in [0, 0.1) is 11.3 Å². The van der Waals surface area contributed by atoms with Crippen LogP contribution < -0.4 is 10.6 Å². The molecule has 1 fully saturated rings. The Balaban J connectivity index is 1.48. The van der Waals surface area contributed by atoms with Crippen molar-refractivity contribution in [3.05, 3.63) is 95.1 Å². The number of carbonyl (C=O) groups excluding carboxylic acids is 1. The van der Waals surface area contributed by atoms with E-state index in [1.165, 1.54) is 37.9 Å². The molecule has 0 unspecified atom stereocenters. The number of benzene rings is 3. The number of anilines is 2. The zero-order valence-electron chi connectivity index (χ0n) is 18.5. The molecule has 0 saturated carbocycles. The van der Waals surface area contributed by atoms with Gasteiger partial charge in [0.25, 0.3) is 5.91 Å². The number of fused-ring (bicyclic) bond motifs is 1. The summed E-state index contributed by atoms with van der Waals surface area (Å²) in [4.78, 5) is 15.5. The summed E-state index contributed by atoms with van der Waals surface area (Å²) < 4.78 is 0. The van der Waals surface area contributed by atoms with E-state index < -0.39 is 0 Å². The highest BCUT2D eigenvalue weighted by molar-refractivity contribution is 6.37. The van der Waals surface area contributed by atoms with E-state index in [-0.39, 0.29) is 5.91 Å². The van der Waals surface area contributed by atoms with Crippen LogP contribution in [0.25, 0.3) is 11.3 Å². The van der Waals surface area contributed by atoms with Gasteiger partial charge < -0.3 is 10.6 Å². The Labute approximate surface area is 194 Å². The second kappa shape index (κ2) is 9.32. The van der Waals surface area contributed by atoms with E-state index in [0.717, 1.165) is 29.1 Å². The average Bonchev–Trinajstić information content (AvgIpc) is 3.19. The number of piperidine rings is 1. The van der Waals surface area contributed by atoms with Gasteiger partial charge in [0.1, 0.15) is 0 Å².